The minimum Gasteiger partial charge on any atom is -0.497 e. The molecule has 5 rings (SSSR count). The number of rotatable bonds is 7. The molecule has 0 saturated carbocycles. The predicted octanol–water partition coefficient (Wildman–Crippen LogP) is 4.83. The average molecular weight is 547 g/mol. The number of carbonyl (C=O) groups excluding carboxylic acids is 3. The second kappa shape index (κ2) is 11.1. The number of nitrogens with one attached hydrogen (secondary N) is 1. The van der Waals surface area contributed by atoms with Crippen LogP contribution in [0.3, 0.4) is 0 Å². The quantitative estimate of drug-likeness (QED) is 0.356. The Morgan fingerprint density at radius 3 is 2.76 bits per heavy atom. The van der Waals surface area contributed by atoms with E-state index >= 15 is 0 Å². The van der Waals surface area contributed by atoms with Crippen molar-refractivity contribution in [3.8, 4) is 5.75 Å². The van der Waals surface area contributed by atoms with Crippen LogP contribution >= 0.6 is 22.9 Å². The number of anilines is 1. The van der Waals surface area contributed by atoms with Gasteiger partial charge in [0, 0.05) is 43.5 Å². The molecule has 192 valence electrons. The van der Waals surface area contributed by atoms with Crippen LogP contribution in [0.25, 0.3) is 0 Å². The molecule has 1 aliphatic heterocycles. The Labute approximate surface area is 228 Å². The number of ketones is 1. The molecule has 0 saturated heterocycles. The molecule has 8 nitrogen and oxygen atoms in total. The first kappa shape index (κ1) is 25.6. The van der Waals surface area contributed by atoms with Gasteiger partial charge in [0.05, 0.1) is 28.6 Å². The number of carbonyl (C=O) groups is 3. The summed E-state index contributed by atoms with van der Waals surface area (Å²) < 4.78 is 5.17. The molecule has 0 aliphatic carbocycles. The van der Waals surface area contributed by atoms with Gasteiger partial charge in [-0.2, -0.15) is 0 Å². The molecule has 1 atom stereocenters. The number of fused-ring (bicyclic) bond motifs is 1. The molecule has 0 unspecified atom stereocenters. The highest BCUT2D eigenvalue weighted by molar-refractivity contribution is 7.12. The molecule has 4 aromatic rings. The Kier molecular flexibility index (Phi) is 7.48. The maximum atomic E-state index is 13.6. The molecule has 1 aliphatic rings. The molecule has 1 aromatic carbocycles. The normalized spacial score (nSPS) is 15.1. The molecule has 3 aromatic heterocycles. The predicted molar refractivity (Wildman–Crippen MR) is 145 cm³/mol. The minimum absolute atomic E-state index is 0.0472. The fraction of sp³-hybridized carbons (Fsp3) is 0.179. The van der Waals surface area contributed by atoms with Crippen LogP contribution in [0, 0.1) is 0 Å². The molecule has 38 heavy (non-hydrogen) atoms. The van der Waals surface area contributed by atoms with Gasteiger partial charge in [-0.15, -0.1) is 11.3 Å². The Balaban J connectivity index is 1.40. The maximum absolute atomic E-state index is 13.6. The van der Waals surface area contributed by atoms with Crippen LogP contribution in [-0.4, -0.2) is 45.6 Å². The van der Waals surface area contributed by atoms with E-state index in [1.165, 1.54) is 24.6 Å². The van der Waals surface area contributed by atoms with Crippen LogP contribution in [-0.2, 0) is 24.2 Å². The number of aromatic nitrogens is 2. The van der Waals surface area contributed by atoms with Gasteiger partial charge in [-0.1, -0.05) is 23.7 Å². The number of halogens is 1. The van der Waals surface area contributed by atoms with E-state index in [0.717, 1.165) is 11.3 Å². The number of Topliss-reactive ketones (excluding diaryl/α,β-unsaturated/α-hetero) is 1. The van der Waals surface area contributed by atoms with E-state index in [1.807, 2.05) is 29.6 Å². The lowest BCUT2D eigenvalue weighted by Gasteiger charge is -2.29. The zero-order valence-electron chi connectivity index (χ0n) is 20.4. The number of nitrogens with zero attached hydrogens (tertiary/aromatic N) is 3. The maximum Gasteiger partial charge on any atom is 0.265 e. The lowest BCUT2D eigenvalue weighted by molar-refractivity contribution is -0.122. The van der Waals surface area contributed by atoms with Gasteiger partial charge in [-0.05, 0) is 52.9 Å². The Morgan fingerprint density at radius 1 is 1.13 bits per heavy atom. The SMILES string of the molecule is COc1ccnc(NC(=O)c2ccc(CN3C(=O)c4sccc4CC(=O)[C@H]3Cc3ccccn3)cc2Cl)c1. The third-order valence-electron chi connectivity index (χ3n) is 6.28. The van der Waals surface area contributed by atoms with E-state index in [1.54, 1.807) is 41.4 Å². The van der Waals surface area contributed by atoms with E-state index in [4.69, 9.17) is 16.3 Å². The molecule has 4 heterocycles. The van der Waals surface area contributed by atoms with Crippen molar-refractivity contribution in [2.24, 2.45) is 0 Å². The van der Waals surface area contributed by atoms with Crippen molar-refractivity contribution in [2.45, 2.75) is 25.4 Å². The summed E-state index contributed by atoms with van der Waals surface area (Å²) in [6.07, 6.45) is 3.70. The summed E-state index contributed by atoms with van der Waals surface area (Å²) in [5.74, 6) is 0.201. The number of thiophene rings is 1. The van der Waals surface area contributed by atoms with Gasteiger partial charge in [0.1, 0.15) is 11.6 Å². The summed E-state index contributed by atoms with van der Waals surface area (Å²) in [6, 6.07) is 14.9. The number of hydrogen-bond donors (Lipinski definition) is 1. The highest BCUT2D eigenvalue weighted by Crippen LogP contribution is 2.29. The average Bonchev–Trinajstić information content (AvgIpc) is 3.36. The van der Waals surface area contributed by atoms with E-state index in [2.05, 4.69) is 15.3 Å². The monoisotopic (exact) mass is 546 g/mol. The third-order valence-corrected chi connectivity index (χ3v) is 7.54. The Hall–Kier alpha value is -4.08. The number of hydrogen-bond acceptors (Lipinski definition) is 7. The van der Waals surface area contributed by atoms with Crippen molar-refractivity contribution in [3.63, 3.8) is 0 Å². The number of pyridine rings is 2. The summed E-state index contributed by atoms with van der Waals surface area (Å²) in [4.78, 5) is 50.4. The highest BCUT2D eigenvalue weighted by Gasteiger charge is 2.36. The lowest BCUT2D eigenvalue weighted by atomic mass is 10.0. The van der Waals surface area contributed by atoms with Crippen molar-refractivity contribution >= 4 is 46.4 Å². The highest BCUT2D eigenvalue weighted by atomic mass is 35.5. The first-order valence-corrected chi connectivity index (χ1v) is 13.1. The lowest BCUT2D eigenvalue weighted by Crippen LogP contribution is -2.44. The number of methoxy groups -OCH3 is 1. The molecular weight excluding hydrogens is 524 g/mol. The molecule has 0 spiro atoms. The Morgan fingerprint density at radius 2 is 2.00 bits per heavy atom. The van der Waals surface area contributed by atoms with Crippen LogP contribution in [0.1, 0.15) is 36.9 Å². The zero-order valence-corrected chi connectivity index (χ0v) is 22.0. The topological polar surface area (TPSA) is 101 Å². The number of ether oxygens (including phenoxy) is 1. The molecule has 10 heteroatoms. The van der Waals surface area contributed by atoms with Crippen molar-refractivity contribution in [2.75, 3.05) is 12.4 Å². The third kappa shape index (κ3) is 5.44. The minimum atomic E-state index is -0.683. The number of benzene rings is 1. The van der Waals surface area contributed by atoms with Crippen LogP contribution < -0.4 is 10.1 Å². The van der Waals surface area contributed by atoms with Crippen molar-refractivity contribution < 1.29 is 19.1 Å². The van der Waals surface area contributed by atoms with Gasteiger partial charge < -0.3 is 15.0 Å². The smallest absolute Gasteiger partial charge is 0.265 e. The zero-order chi connectivity index (χ0) is 26.6. The fourth-order valence-electron chi connectivity index (χ4n) is 4.36. The van der Waals surface area contributed by atoms with Gasteiger partial charge in [0.15, 0.2) is 5.78 Å². The summed E-state index contributed by atoms with van der Waals surface area (Å²) >= 11 is 7.84. The molecule has 0 bridgehead atoms. The van der Waals surface area contributed by atoms with E-state index in [-0.39, 0.29) is 35.2 Å². The van der Waals surface area contributed by atoms with E-state index < -0.39 is 11.9 Å². The van der Waals surface area contributed by atoms with E-state index in [0.29, 0.717) is 28.4 Å². The van der Waals surface area contributed by atoms with Gasteiger partial charge in [-0.3, -0.25) is 19.4 Å². The van der Waals surface area contributed by atoms with Crippen LogP contribution in [0.2, 0.25) is 5.02 Å². The van der Waals surface area contributed by atoms with Crippen LogP contribution in [0.5, 0.6) is 5.75 Å². The fourth-order valence-corrected chi connectivity index (χ4v) is 5.53. The summed E-state index contributed by atoms with van der Waals surface area (Å²) in [7, 11) is 1.53. The second-order valence-corrected chi connectivity index (χ2v) is 10.1. The Bertz CT molecular complexity index is 1510. The first-order valence-electron chi connectivity index (χ1n) is 11.8. The van der Waals surface area contributed by atoms with Crippen molar-refractivity contribution in [3.05, 3.63) is 105 Å². The standard InChI is InChI=1S/C28H23ClN4O4S/c1-37-20-7-10-31-25(15-20)32-27(35)21-6-5-17(12-22(21)29)16-33-23(14-19-4-2-3-9-30-19)24(34)13-18-8-11-38-26(18)28(33)36/h2-12,15,23H,13-14,16H2,1H3,(H,31,32,35)/t23-/m1/s1. The molecule has 0 fully saturated rings. The van der Waals surface area contributed by atoms with Gasteiger partial charge in [0.25, 0.3) is 11.8 Å². The van der Waals surface area contributed by atoms with E-state index in [9.17, 15) is 14.4 Å². The van der Waals surface area contributed by atoms with Gasteiger partial charge in [-0.25, -0.2) is 4.98 Å². The summed E-state index contributed by atoms with van der Waals surface area (Å²) in [6.45, 7) is 0.151. The molecule has 0 radical (unpaired) electrons. The van der Waals surface area contributed by atoms with Gasteiger partial charge in [0.2, 0.25) is 0 Å². The van der Waals surface area contributed by atoms with Crippen molar-refractivity contribution in [1.29, 1.82) is 0 Å². The summed E-state index contributed by atoms with van der Waals surface area (Å²) in [5, 5.41) is 4.75. The number of amides is 2. The summed E-state index contributed by atoms with van der Waals surface area (Å²) in [5.41, 5.74) is 2.42. The van der Waals surface area contributed by atoms with Gasteiger partial charge >= 0.3 is 0 Å². The van der Waals surface area contributed by atoms with Crippen LogP contribution in [0.4, 0.5) is 5.82 Å². The largest absolute Gasteiger partial charge is 0.497 e. The first-order chi connectivity index (χ1) is 18.4. The van der Waals surface area contributed by atoms with Crippen molar-refractivity contribution in [1.82, 2.24) is 14.9 Å². The van der Waals surface area contributed by atoms with Crippen LogP contribution in [0.15, 0.2) is 72.4 Å². The second-order valence-electron chi connectivity index (χ2n) is 8.74. The molecule has 1 N–H and O–H groups in total. The molecular formula is C28H23ClN4O4S. The molecule has 2 amide bonds.